The summed E-state index contributed by atoms with van der Waals surface area (Å²) in [6.45, 7) is -0.216. The van der Waals surface area contributed by atoms with Gasteiger partial charge in [0.05, 0.1) is 17.7 Å². The van der Waals surface area contributed by atoms with Crippen molar-refractivity contribution in [2.24, 2.45) is 0 Å². The highest BCUT2D eigenvalue weighted by molar-refractivity contribution is 5.93. The number of hydrogen-bond donors (Lipinski definition) is 3. The van der Waals surface area contributed by atoms with Gasteiger partial charge in [0, 0.05) is 10.9 Å². The number of benzene rings is 1. The molecule has 0 radical (unpaired) electrons. The van der Waals surface area contributed by atoms with E-state index in [1.807, 2.05) is 0 Å². The van der Waals surface area contributed by atoms with E-state index in [1.165, 1.54) is 12.1 Å². The van der Waals surface area contributed by atoms with Gasteiger partial charge in [0.15, 0.2) is 0 Å². The second-order valence-corrected chi connectivity index (χ2v) is 3.40. The van der Waals surface area contributed by atoms with E-state index < -0.39 is 5.97 Å². The number of aliphatic hydroxyl groups excluding tert-OH is 1. The van der Waals surface area contributed by atoms with E-state index in [0.29, 0.717) is 16.5 Å². The van der Waals surface area contributed by atoms with Crippen molar-refractivity contribution >= 4 is 22.7 Å². The Morgan fingerprint density at radius 1 is 1.38 bits per heavy atom. The van der Waals surface area contributed by atoms with Crippen LogP contribution in [0.2, 0.25) is 0 Å². The monoisotopic (exact) mass is 218 g/mol. The zero-order valence-electron chi connectivity index (χ0n) is 8.34. The van der Waals surface area contributed by atoms with Gasteiger partial charge in [-0.15, -0.1) is 0 Å². The van der Waals surface area contributed by atoms with Gasteiger partial charge in [0.2, 0.25) is 0 Å². The molecule has 5 heteroatoms. The molecule has 2 aromatic rings. The maximum atomic E-state index is 10.8. The molecule has 5 nitrogen and oxygen atoms in total. The molecule has 0 unspecified atom stereocenters. The topological polar surface area (TPSA) is 96.4 Å². The second-order valence-electron chi connectivity index (χ2n) is 3.40. The molecule has 0 amide bonds. The molecule has 1 aromatic carbocycles. The van der Waals surface area contributed by atoms with Crippen LogP contribution >= 0.6 is 0 Å². The van der Waals surface area contributed by atoms with E-state index in [2.05, 4.69) is 4.98 Å². The van der Waals surface area contributed by atoms with E-state index in [1.54, 1.807) is 12.1 Å². The van der Waals surface area contributed by atoms with Crippen LogP contribution in [0.5, 0.6) is 0 Å². The SMILES string of the molecule is Nc1nc2ccc(C(=O)O)cc2cc1CO. The number of nitrogens with zero attached hydrogens (tertiary/aromatic N) is 1. The van der Waals surface area contributed by atoms with Crippen LogP contribution in [0.25, 0.3) is 10.9 Å². The van der Waals surface area contributed by atoms with Crippen LogP contribution in [-0.4, -0.2) is 21.2 Å². The summed E-state index contributed by atoms with van der Waals surface area (Å²) in [4.78, 5) is 14.8. The molecule has 1 heterocycles. The number of nitrogens with two attached hydrogens (primary N) is 1. The number of rotatable bonds is 2. The minimum atomic E-state index is -0.996. The number of carbonyl (C=O) groups is 1. The Labute approximate surface area is 91.2 Å². The fourth-order valence-corrected chi connectivity index (χ4v) is 1.49. The number of aliphatic hydroxyl groups is 1. The Morgan fingerprint density at radius 3 is 2.75 bits per heavy atom. The van der Waals surface area contributed by atoms with Gasteiger partial charge in [0.1, 0.15) is 5.82 Å². The largest absolute Gasteiger partial charge is 0.478 e. The van der Waals surface area contributed by atoms with Crippen molar-refractivity contribution in [1.82, 2.24) is 4.98 Å². The molecule has 4 N–H and O–H groups in total. The van der Waals surface area contributed by atoms with Crippen LogP contribution < -0.4 is 5.73 Å². The van der Waals surface area contributed by atoms with Gasteiger partial charge in [-0.2, -0.15) is 0 Å². The molecule has 0 bridgehead atoms. The van der Waals surface area contributed by atoms with E-state index in [0.717, 1.165) is 0 Å². The lowest BCUT2D eigenvalue weighted by Gasteiger charge is -2.05. The smallest absolute Gasteiger partial charge is 0.335 e. The number of pyridine rings is 1. The molecule has 16 heavy (non-hydrogen) atoms. The molecule has 0 spiro atoms. The van der Waals surface area contributed by atoms with Crippen LogP contribution in [0.1, 0.15) is 15.9 Å². The predicted molar refractivity (Wildman–Crippen MR) is 59.0 cm³/mol. The molecule has 0 aliphatic heterocycles. The van der Waals surface area contributed by atoms with E-state index in [4.69, 9.17) is 15.9 Å². The first-order valence-electron chi connectivity index (χ1n) is 4.65. The number of hydrogen-bond acceptors (Lipinski definition) is 4. The van der Waals surface area contributed by atoms with E-state index in [9.17, 15) is 4.79 Å². The summed E-state index contributed by atoms with van der Waals surface area (Å²) in [5.41, 5.74) is 6.90. The first kappa shape index (κ1) is 10.4. The van der Waals surface area contributed by atoms with Crippen molar-refractivity contribution in [2.45, 2.75) is 6.61 Å². The maximum absolute atomic E-state index is 10.8. The second kappa shape index (κ2) is 3.79. The van der Waals surface area contributed by atoms with Gasteiger partial charge in [0.25, 0.3) is 0 Å². The zero-order valence-corrected chi connectivity index (χ0v) is 8.34. The Morgan fingerprint density at radius 2 is 2.12 bits per heavy atom. The molecule has 0 aliphatic carbocycles. The number of aromatic carboxylic acids is 1. The summed E-state index contributed by atoms with van der Waals surface area (Å²) in [6.07, 6.45) is 0. The van der Waals surface area contributed by atoms with Crippen molar-refractivity contribution in [3.8, 4) is 0 Å². The summed E-state index contributed by atoms with van der Waals surface area (Å²) >= 11 is 0. The van der Waals surface area contributed by atoms with Gasteiger partial charge in [-0.05, 0) is 24.3 Å². The number of anilines is 1. The standard InChI is InChI=1S/C11H10N2O3/c12-10-8(5-14)4-7-3-6(11(15)16)1-2-9(7)13-10/h1-4,14H,5H2,(H2,12,13)(H,15,16). The summed E-state index contributed by atoms with van der Waals surface area (Å²) in [7, 11) is 0. The summed E-state index contributed by atoms with van der Waals surface area (Å²) in [6, 6.07) is 6.21. The molecule has 2 rings (SSSR count). The molecule has 1 aromatic heterocycles. The number of fused-ring (bicyclic) bond motifs is 1. The van der Waals surface area contributed by atoms with E-state index in [-0.39, 0.29) is 18.0 Å². The van der Waals surface area contributed by atoms with Crippen LogP contribution in [0, 0.1) is 0 Å². The van der Waals surface area contributed by atoms with Crippen LogP contribution in [0.15, 0.2) is 24.3 Å². The van der Waals surface area contributed by atoms with Crippen molar-refractivity contribution in [3.05, 3.63) is 35.4 Å². The highest BCUT2D eigenvalue weighted by Gasteiger charge is 2.07. The predicted octanol–water partition coefficient (Wildman–Crippen LogP) is 1.01. The number of carboxylic acid groups (broad SMARTS) is 1. The number of nitrogen functional groups attached to an aromatic ring is 1. The lowest BCUT2D eigenvalue weighted by atomic mass is 10.1. The van der Waals surface area contributed by atoms with Crippen molar-refractivity contribution < 1.29 is 15.0 Å². The van der Waals surface area contributed by atoms with Gasteiger partial charge in [-0.3, -0.25) is 0 Å². The van der Waals surface area contributed by atoms with Gasteiger partial charge >= 0.3 is 5.97 Å². The van der Waals surface area contributed by atoms with Crippen molar-refractivity contribution in [2.75, 3.05) is 5.73 Å². The number of aromatic nitrogens is 1. The lowest BCUT2D eigenvalue weighted by Crippen LogP contribution is -2.00. The van der Waals surface area contributed by atoms with Gasteiger partial charge in [-0.25, -0.2) is 9.78 Å². The Kier molecular flexibility index (Phi) is 2.46. The highest BCUT2D eigenvalue weighted by atomic mass is 16.4. The fraction of sp³-hybridized carbons (Fsp3) is 0.0909. The molecule has 82 valence electrons. The highest BCUT2D eigenvalue weighted by Crippen LogP contribution is 2.19. The summed E-state index contributed by atoms with van der Waals surface area (Å²) < 4.78 is 0. The molecular weight excluding hydrogens is 208 g/mol. The van der Waals surface area contributed by atoms with Crippen LogP contribution in [0.4, 0.5) is 5.82 Å². The molecular formula is C11H10N2O3. The molecule has 0 saturated heterocycles. The Bertz CT molecular complexity index is 566. The van der Waals surface area contributed by atoms with Gasteiger partial charge < -0.3 is 15.9 Å². The minimum absolute atomic E-state index is 0.183. The minimum Gasteiger partial charge on any atom is -0.478 e. The third-order valence-electron chi connectivity index (χ3n) is 2.34. The Hall–Kier alpha value is -2.14. The lowest BCUT2D eigenvalue weighted by molar-refractivity contribution is 0.0697. The first-order valence-corrected chi connectivity index (χ1v) is 4.65. The summed E-state index contributed by atoms with van der Waals surface area (Å²) in [5, 5.41) is 18.5. The molecule has 0 aliphatic rings. The van der Waals surface area contributed by atoms with Crippen molar-refractivity contribution in [1.29, 1.82) is 0 Å². The normalized spacial score (nSPS) is 10.6. The quantitative estimate of drug-likeness (QED) is 0.698. The van der Waals surface area contributed by atoms with Gasteiger partial charge in [-0.1, -0.05) is 0 Å². The molecule has 0 fully saturated rings. The van der Waals surface area contributed by atoms with E-state index >= 15 is 0 Å². The average Bonchev–Trinajstić information content (AvgIpc) is 2.27. The fourth-order valence-electron chi connectivity index (χ4n) is 1.49. The summed E-state index contributed by atoms with van der Waals surface area (Å²) in [5.74, 6) is -0.734. The average molecular weight is 218 g/mol. The number of carboxylic acids is 1. The van der Waals surface area contributed by atoms with Crippen LogP contribution in [-0.2, 0) is 6.61 Å². The molecule has 0 saturated carbocycles. The van der Waals surface area contributed by atoms with Crippen molar-refractivity contribution in [3.63, 3.8) is 0 Å². The third kappa shape index (κ3) is 1.68. The first-order chi connectivity index (χ1) is 7.61. The Balaban J connectivity index is 2.68. The van der Waals surface area contributed by atoms with Crippen LogP contribution in [0.3, 0.4) is 0 Å². The third-order valence-corrected chi connectivity index (χ3v) is 2.34. The molecule has 0 atom stereocenters. The zero-order chi connectivity index (χ0) is 11.7. The maximum Gasteiger partial charge on any atom is 0.335 e.